The zero-order valence-corrected chi connectivity index (χ0v) is 21.1. The normalized spacial score (nSPS) is 20.9. The molecule has 4 rings (SSSR count). The standard InChI is InChI=1S/C18H14O8.C9H16N2O2/c19-15(20)13(25-17(23)11-7-3-1-4-8-11)14(16(21)22)26-18(24)12-9-5-2-6-10-12;1-2-7-8-6(3-4-10-8)5-11(7)9(12)13/h1-10,13-14H,(H,19,20)(H,21,22);6-8,10H,2-5H2,1H3,(H,12,13)/t13-,14-;6-,7?,8-/m01/s1. The summed E-state index contributed by atoms with van der Waals surface area (Å²) in [4.78, 5) is 59.3. The van der Waals surface area contributed by atoms with Gasteiger partial charge in [-0.05, 0) is 49.6 Å². The number of hydrogen-bond acceptors (Lipinski definition) is 8. The summed E-state index contributed by atoms with van der Waals surface area (Å²) in [6.07, 6.45) is -3.14. The van der Waals surface area contributed by atoms with Gasteiger partial charge in [-0.15, -0.1) is 0 Å². The fourth-order valence-electron chi connectivity index (χ4n) is 4.71. The largest absolute Gasteiger partial charge is 0.478 e. The quantitative estimate of drug-likeness (QED) is 0.360. The molecule has 2 aromatic carbocycles. The van der Waals surface area contributed by atoms with Crippen molar-refractivity contribution in [2.45, 2.75) is 44.1 Å². The van der Waals surface area contributed by atoms with Crippen LogP contribution in [0.3, 0.4) is 0 Å². The summed E-state index contributed by atoms with van der Waals surface area (Å²) in [5.41, 5.74) is 0.0505. The molecule has 5 atom stereocenters. The summed E-state index contributed by atoms with van der Waals surface area (Å²) in [5, 5.41) is 30.8. The van der Waals surface area contributed by atoms with Crippen LogP contribution >= 0.6 is 0 Å². The molecule has 1 amide bonds. The molecular formula is C27H30N2O10. The molecule has 2 saturated heterocycles. The van der Waals surface area contributed by atoms with Crippen LogP contribution in [0, 0.1) is 5.92 Å². The van der Waals surface area contributed by atoms with Crippen LogP contribution in [0.2, 0.25) is 0 Å². The van der Waals surface area contributed by atoms with Crippen LogP contribution in [0.1, 0.15) is 40.5 Å². The summed E-state index contributed by atoms with van der Waals surface area (Å²) >= 11 is 0. The van der Waals surface area contributed by atoms with Crippen LogP contribution in [0.15, 0.2) is 60.7 Å². The molecule has 0 aromatic heterocycles. The molecule has 1 unspecified atom stereocenters. The molecule has 2 fully saturated rings. The van der Waals surface area contributed by atoms with Crippen LogP contribution in [-0.4, -0.2) is 87.6 Å². The number of ether oxygens (including phenoxy) is 2. The van der Waals surface area contributed by atoms with E-state index in [-0.39, 0.29) is 17.2 Å². The highest BCUT2D eigenvalue weighted by Gasteiger charge is 2.45. The molecule has 208 valence electrons. The molecule has 2 aromatic rings. The van der Waals surface area contributed by atoms with Crippen molar-refractivity contribution in [3.05, 3.63) is 71.8 Å². The number of esters is 2. The lowest BCUT2D eigenvalue weighted by molar-refractivity contribution is -0.166. The minimum Gasteiger partial charge on any atom is -0.478 e. The van der Waals surface area contributed by atoms with Gasteiger partial charge in [0.1, 0.15) is 0 Å². The van der Waals surface area contributed by atoms with Gasteiger partial charge in [0.2, 0.25) is 12.2 Å². The van der Waals surface area contributed by atoms with Crippen LogP contribution in [0.25, 0.3) is 0 Å². The molecule has 2 heterocycles. The highest BCUT2D eigenvalue weighted by Crippen LogP contribution is 2.31. The Labute approximate surface area is 224 Å². The van der Waals surface area contributed by atoms with Gasteiger partial charge in [0.15, 0.2) is 0 Å². The number of hydrogen-bond donors (Lipinski definition) is 4. The molecule has 2 aliphatic heterocycles. The number of nitrogens with one attached hydrogen (secondary N) is 1. The number of carbonyl (C=O) groups is 5. The first-order chi connectivity index (χ1) is 18.6. The number of rotatable bonds is 8. The molecule has 12 nitrogen and oxygen atoms in total. The Kier molecular flexibility index (Phi) is 9.98. The van der Waals surface area contributed by atoms with E-state index < -0.39 is 42.2 Å². The van der Waals surface area contributed by atoms with Crippen LogP contribution < -0.4 is 5.32 Å². The average molecular weight is 543 g/mol. The molecule has 0 radical (unpaired) electrons. The van der Waals surface area contributed by atoms with E-state index in [0.29, 0.717) is 12.0 Å². The predicted molar refractivity (Wildman–Crippen MR) is 135 cm³/mol. The predicted octanol–water partition coefficient (Wildman–Crippen LogP) is 2.34. The fraction of sp³-hybridized carbons (Fsp3) is 0.370. The van der Waals surface area contributed by atoms with Gasteiger partial charge in [-0.3, -0.25) is 0 Å². The van der Waals surface area contributed by atoms with Crippen LogP contribution in [-0.2, 0) is 19.1 Å². The smallest absolute Gasteiger partial charge is 0.407 e. The maximum atomic E-state index is 12.0. The maximum Gasteiger partial charge on any atom is 0.407 e. The van der Waals surface area contributed by atoms with Gasteiger partial charge in [0.05, 0.1) is 17.2 Å². The van der Waals surface area contributed by atoms with Gasteiger partial charge in [-0.2, -0.15) is 0 Å². The topological polar surface area (TPSA) is 180 Å². The molecular weight excluding hydrogens is 512 g/mol. The van der Waals surface area contributed by atoms with E-state index in [9.17, 15) is 34.2 Å². The maximum absolute atomic E-state index is 12.0. The molecule has 0 spiro atoms. The minimum atomic E-state index is -2.21. The summed E-state index contributed by atoms with van der Waals surface area (Å²) in [6, 6.07) is 15.5. The number of amides is 1. The van der Waals surface area contributed by atoms with Gasteiger partial charge in [-0.1, -0.05) is 43.3 Å². The Bertz CT molecular complexity index is 1100. The third-order valence-corrected chi connectivity index (χ3v) is 6.56. The van der Waals surface area contributed by atoms with E-state index in [1.165, 1.54) is 48.5 Å². The van der Waals surface area contributed by atoms with E-state index >= 15 is 0 Å². The van der Waals surface area contributed by atoms with E-state index in [1.54, 1.807) is 17.0 Å². The molecule has 12 heteroatoms. The zero-order chi connectivity index (χ0) is 28.5. The van der Waals surface area contributed by atoms with Crippen molar-refractivity contribution in [3.63, 3.8) is 0 Å². The second-order valence-electron chi connectivity index (χ2n) is 9.00. The first-order valence-corrected chi connectivity index (χ1v) is 12.3. The molecule has 4 N–H and O–H groups in total. The van der Waals surface area contributed by atoms with Gasteiger partial charge in [0.25, 0.3) is 0 Å². The number of carboxylic acid groups (broad SMARTS) is 3. The Morgan fingerprint density at radius 1 is 0.846 bits per heavy atom. The van der Waals surface area contributed by atoms with Crippen LogP contribution in [0.5, 0.6) is 0 Å². The lowest BCUT2D eigenvalue weighted by Crippen LogP contribution is -2.45. The van der Waals surface area contributed by atoms with Crippen molar-refractivity contribution in [2.75, 3.05) is 13.1 Å². The van der Waals surface area contributed by atoms with Gasteiger partial charge >= 0.3 is 30.0 Å². The first-order valence-electron chi connectivity index (χ1n) is 12.3. The van der Waals surface area contributed by atoms with Gasteiger partial charge in [-0.25, -0.2) is 24.0 Å². The van der Waals surface area contributed by atoms with Crippen LogP contribution in [0.4, 0.5) is 4.79 Å². The van der Waals surface area contributed by atoms with E-state index in [2.05, 4.69) is 12.2 Å². The van der Waals surface area contributed by atoms with E-state index in [4.69, 9.17) is 14.6 Å². The van der Waals surface area contributed by atoms with Crippen molar-refractivity contribution < 1.29 is 48.8 Å². The number of aliphatic carboxylic acids is 2. The number of benzene rings is 2. The number of fused-ring (bicyclic) bond motifs is 1. The third kappa shape index (κ3) is 7.32. The number of carbonyl (C=O) groups excluding carboxylic acids is 2. The number of carboxylic acids is 2. The van der Waals surface area contributed by atoms with E-state index in [1.807, 2.05) is 0 Å². The summed E-state index contributed by atoms with van der Waals surface area (Å²) in [5.74, 6) is -5.08. The third-order valence-electron chi connectivity index (χ3n) is 6.56. The zero-order valence-electron chi connectivity index (χ0n) is 21.1. The Hall–Kier alpha value is -4.45. The Morgan fingerprint density at radius 2 is 1.31 bits per heavy atom. The van der Waals surface area contributed by atoms with Crippen molar-refractivity contribution in [3.8, 4) is 0 Å². The average Bonchev–Trinajstić information content (AvgIpc) is 3.53. The second-order valence-corrected chi connectivity index (χ2v) is 9.00. The monoisotopic (exact) mass is 542 g/mol. The van der Waals surface area contributed by atoms with Crippen molar-refractivity contribution in [1.29, 1.82) is 0 Å². The highest BCUT2D eigenvalue weighted by atomic mass is 16.6. The molecule has 2 aliphatic rings. The minimum absolute atomic E-state index is 0.0253. The lowest BCUT2D eigenvalue weighted by Gasteiger charge is -2.24. The molecule has 39 heavy (non-hydrogen) atoms. The Morgan fingerprint density at radius 3 is 1.69 bits per heavy atom. The van der Waals surface area contributed by atoms with E-state index in [0.717, 1.165) is 25.9 Å². The number of nitrogens with zero attached hydrogens (tertiary/aromatic N) is 1. The van der Waals surface area contributed by atoms with Gasteiger partial charge in [0, 0.05) is 12.6 Å². The SMILES string of the molecule is CCC1[C@@H]2NCC[C@@H]2CN1C(=O)O.O=C(O[C@H](C(=O)O)[C@H](OC(=O)c1ccccc1)C(=O)O)c1ccccc1. The molecule has 0 aliphatic carbocycles. The van der Waals surface area contributed by atoms with Crippen molar-refractivity contribution in [2.24, 2.45) is 5.92 Å². The summed E-state index contributed by atoms with van der Waals surface area (Å²) < 4.78 is 9.52. The molecule has 0 saturated carbocycles. The fourth-order valence-corrected chi connectivity index (χ4v) is 4.71. The lowest BCUT2D eigenvalue weighted by atomic mass is 9.99. The first kappa shape index (κ1) is 29.1. The van der Waals surface area contributed by atoms with Crippen molar-refractivity contribution in [1.82, 2.24) is 10.2 Å². The number of likely N-dealkylation sites (tertiary alicyclic amines) is 1. The highest BCUT2D eigenvalue weighted by molar-refractivity contribution is 5.95. The van der Waals surface area contributed by atoms with Gasteiger partial charge < -0.3 is 35.0 Å². The molecule has 0 bridgehead atoms. The van der Waals surface area contributed by atoms with Crippen molar-refractivity contribution >= 4 is 30.0 Å². The summed E-state index contributed by atoms with van der Waals surface area (Å²) in [6.45, 7) is 3.84. The second kappa shape index (κ2) is 13.4. The summed E-state index contributed by atoms with van der Waals surface area (Å²) in [7, 11) is 0. The Balaban J connectivity index is 0.000000268.